The summed E-state index contributed by atoms with van der Waals surface area (Å²) in [5, 5.41) is 3.66. The molecule has 0 atom stereocenters. The van der Waals surface area contributed by atoms with Gasteiger partial charge in [0.15, 0.2) is 5.16 Å². The van der Waals surface area contributed by atoms with Crippen LogP contribution in [0, 0.1) is 12.7 Å². The zero-order valence-electron chi connectivity index (χ0n) is 12.1. The van der Waals surface area contributed by atoms with Gasteiger partial charge in [-0.25, -0.2) is 9.37 Å². The molecule has 2 N–H and O–H groups in total. The summed E-state index contributed by atoms with van der Waals surface area (Å²) < 4.78 is 14.1. The van der Waals surface area contributed by atoms with Gasteiger partial charge in [-0.15, -0.1) is 0 Å². The van der Waals surface area contributed by atoms with Gasteiger partial charge in [0.1, 0.15) is 5.82 Å². The molecule has 0 bridgehead atoms. The first kappa shape index (κ1) is 15.7. The summed E-state index contributed by atoms with van der Waals surface area (Å²) in [5.74, 6) is -0.306. The molecule has 2 aromatic rings. The summed E-state index contributed by atoms with van der Waals surface area (Å²) in [6.07, 6.45) is 1.02. The molecule has 0 saturated carbocycles. The van der Waals surface area contributed by atoms with Crippen molar-refractivity contribution in [1.82, 2.24) is 15.3 Å². The molecule has 112 valence electrons. The van der Waals surface area contributed by atoms with E-state index in [2.05, 4.69) is 22.2 Å². The Morgan fingerprint density at radius 3 is 2.95 bits per heavy atom. The Kier molecular flexibility index (Phi) is 5.52. The van der Waals surface area contributed by atoms with E-state index in [1.807, 2.05) is 6.07 Å². The van der Waals surface area contributed by atoms with Gasteiger partial charge < -0.3 is 10.3 Å². The lowest BCUT2D eigenvalue weighted by Gasteiger charge is -2.10. The summed E-state index contributed by atoms with van der Waals surface area (Å²) in [4.78, 5) is 18.8. The highest BCUT2D eigenvalue weighted by atomic mass is 32.2. The molecule has 1 aromatic heterocycles. The van der Waals surface area contributed by atoms with E-state index in [0.717, 1.165) is 30.3 Å². The summed E-state index contributed by atoms with van der Waals surface area (Å²) in [7, 11) is 0. The highest BCUT2D eigenvalue weighted by molar-refractivity contribution is 7.99. The van der Waals surface area contributed by atoms with Crippen LogP contribution >= 0.6 is 11.8 Å². The van der Waals surface area contributed by atoms with Gasteiger partial charge >= 0.3 is 0 Å². The average Bonchev–Trinajstić information content (AvgIpc) is 2.41. The highest BCUT2D eigenvalue weighted by Gasteiger charge is 2.11. The Hall–Kier alpha value is -1.66. The van der Waals surface area contributed by atoms with Crippen LogP contribution in [-0.4, -0.2) is 16.5 Å². The molecule has 1 heterocycles. The van der Waals surface area contributed by atoms with E-state index < -0.39 is 0 Å². The topological polar surface area (TPSA) is 57.8 Å². The van der Waals surface area contributed by atoms with Gasteiger partial charge in [-0.1, -0.05) is 19.1 Å². The number of hydrogen-bond acceptors (Lipinski definition) is 4. The lowest BCUT2D eigenvalue weighted by molar-refractivity contribution is 0.588. The van der Waals surface area contributed by atoms with Crippen molar-refractivity contribution in [3.8, 4) is 0 Å². The lowest BCUT2D eigenvalue weighted by Crippen LogP contribution is -2.15. The number of aromatic amines is 1. The molecule has 0 aliphatic heterocycles. The van der Waals surface area contributed by atoms with E-state index in [1.165, 1.54) is 12.1 Å². The molecule has 21 heavy (non-hydrogen) atoms. The van der Waals surface area contributed by atoms with E-state index >= 15 is 0 Å². The van der Waals surface area contributed by atoms with Crippen LogP contribution in [0.4, 0.5) is 4.39 Å². The fourth-order valence-corrected chi connectivity index (χ4v) is 2.87. The maximum absolute atomic E-state index is 14.1. The monoisotopic (exact) mass is 307 g/mol. The number of aryl methyl sites for hydroxylation is 1. The third kappa shape index (κ3) is 4.41. The molecule has 0 amide bonds. The van der Waals surface area contributed by atoms with Crippen LogP contribution in [0.3, 0.4) is 0 Å². The van der Waals surface area contributed by atoms with Gasteiger partial charge in [-0.05, 0) is 43.3 Å². The number of benzene rings is 1. The van der Waals surface area contributed by atoms with Crippen molar-refractivity contribution in [3.05, 3.63) is 51.7 Å². The zero-order valence-corrected chi connectivity index (χ0v) is 12.9. The second-order valence-electron chi connectivity index (χ2n) is 4.70. The predicted octanol–water partition coefficient (Wildman–Crippen LogP) is 2.87. The molecule has 0 radical (unpaired) electrons. The molecule has 0 aliphatic rings. The van der Waals surface area contributed by atoms with Gasteiger partial charge in [-0.3, -0.25) is 4.79 Å². The number of rotatable bonds is 6. The molecule has 0 fully saturated rings. The lowest BCUT2D eigenvalue weighted by atomic mass is 10.2. The number of hydrogen-bond donors (Lipinski definition) is 2. The van der Waals surface area contributed by atoms with Crippen LogP contribution in [0.15, 0.2) is 39.1 Å². The normalized spacial score (nSPS) is 10.8. The standard InChI is InChI=1S/C15H18FN3OS/c1-3-7-17-9-11-5-4-6-12(16)14(11)21-15-18-10(2)8-13(20)19-15/h4-6,8,17H,3,7,9H2,1-2H3,(H,18,19,20). The minimum absolute atomic E-state index is 0.230. The van der Waals surface area contributed by atoms with Gasteiger partial charge in [-0.2, -0.15) is 0 Å². The second kappa shape index (κ2) is 7.38. The van der Waals surface area contributed by atoms with Crippen molar-refractivity contribution < 1.29 is 4.39 Å². The Balaban J connectivity index is 2.27. The van der Waals surface area contributed by atoms with E-state index in [9.17, 15) is 9.18 Å². The summed E-state index contributed by atoms with van der Waals surface area (Å²) >= 11 is 1.15. The smallest absolute Gasteiger partial charge is 0.251 e. The fourth-order valence-electron chi connectivity index (χ4n) is 1.90. The average molecular weight is 307 g/mol. The molecule has 0 aliphatic carbocycles. The quantitative estimate of drug-likeness (QED) is 0.636. The first-order chi connectivity index (χ1) is 10.1. The third-order valence-corrected chi connectivity index (χ3v) is 3.89. The number of aromatic nitrogens is 2. The SMILES string of the molecule is CCCNCc1cccc(F)c1Sc1nc(C)cc(=O)[nH]1. The maximum Gasteiger partial charge on any atom is 0.251 e. The summed E-state index contributed by atoms with van der Waals surface area (Å²) in [6.45, 7) is 5.28. The van der Waals surface area contributed by atoms with Crippen molar-refractivity contribution in [2.45, 2.75) is 36.9 Å². The number of nitrogens with zero attached hydrogens (tertiary/aromatic N) is 1. The third-order valence-electron chi connectivity index (χ3n) is 2.84. The first-order valence-electron chi connectivity index (χ1n) is 6.84. The molecule has 2 rings (SSSR count). The van der Waals surface area contributed by atoms with E-state index in [4.69, 9.17) is 0 Å². The summed E-state index contributed by atoms with van der Waals surface area (Å²) in [6, 6.07) is 6.39. The molecular weight excluding hydrogens is 289 g/mol. The van der Waals surface area contributed by atoms with E-state index in [-0.39, 0.29) is 11.4 Å². The van der Waals surface area contributed by atoms with Crippen LogP contribution < -0.4 is 10.9 Å². The Labute approximate surface area is 127 Å². The highest BCUT2D eigenvalue weighted by Crippen LogP contribution is 2.30. The van der Waals surface area contributed by atoms with Crippen molar-refractivity contribution in [1.29, 1.82) is 0 Å². The van der Waals surface area contributed by atoms with Gasteiger partial charge in [0.05, 0.1) is 4.90 Å². The van der Waals surface area contributed by atoms with Crippen LogP contribution in [0.5, 0.6) is 0 Å². The van der Waals surface area contributed by atoms with Crippen molar-refractivity contribution >= 4 is 11.8 Å². The molecule has 6 heteroatoms. The Morgan fingerprint density at radius 2 is 2.24 bits per heavy atom. The fraction of sp³-hybridized carbons (Fsp3) is 0.333. The van der Waals surface area contributed by atoms with Crippen LogP contribution in [-0.2, 0) is 6.54 Å². The van der Waals surface area contributed by atoms with Gasteiger partial charge in [0, 0.05) is 18.3 Å². The van der Waals surface area contributed by atoms with Crippen molar-refractivity contribution in [2.75, 3.05) is 6.54 Å². The summed E-state index contributed by atoms with van der Waals surface area (Å²) in [5.41, 5.74) is 1.24. The maximum atomic E-state index is 14.1. The van der Waals surface area contributed by atoms with Crippen LogP contribution in [0.2, 0.25) is 0 Å². The largest absolute Gasteiger partial charge is 0.313 e. The van der Waals surface area contributed by atoms with E-state index in [0.29, 0.717) is 22.3 Å². The van der Waals surface area contributed by atoms with Gasteiger partial charge in [0.25, 0.3) is 5.56 Å². The molecule has 4 nitrogen and oxygen atoms in total. The molecule has 1 aromatic carbocycles. The van der Waals surface area contributed by atoms with Crippen molar-refractivity contribution in [2.24, 2.45) is 0 Å². The van der Waals surface area contributed by atoms with E-state index in [1.54, 1.807) is 13.0 Å². The number of halogens is 1. The molecule has 0 unspecified atom stereocenters. The predicted molar refractivity (Wildman–Crippen MR) is 82.1 cm³/mol. The molecule has 0 saturated heterocycles. The minimum atomic E-state index is -0.306. The number of H-pyrrole nitrogens is 1. The molecule has 0 spiro atoms. The second-order valence-corrected chi connectivity index (χ2v) is 5.70. The zero-order chi connectivity index (χ0) is 15.2. The van der Waals surface area contributed by atoms with Crippen LogP contribution in [0.1, 0.15) is 24.6 Å². The van der Waals surface area contributed by atoms with Crippen LogP contribution in [0.25, 0.3) is 0 Å². The Bertz CT molecular complexity index is 672. The first-order valence-corrected chi connectivity index (χ1v) is 7.65. The van der Waals surface area contributed by atoms with Gasteiger partial charge in [0.2, 0.25) is 0 Å². The minimum Gasteiger partial charge on any atom is -0.313 e. The van der Waals surface area contributed by atoms with Crippen molar-refractivity contribution in [3.63, 3.8) is 0 Å². The molecular formula is C15H18FN3OS. The number of nitrogens with one attached hydrogen (secondary N) is 2. The Morgan fingerprint density at radius 1 is 1.43 bits per heavy atom.